The number of aryl methyl sites for hydroxylation is 2. The summed E-state index contributed by atoms with van der Waals surface area (Å²) in [5.74, 6) is -1.22. The standard InChI is InChI=1S/C21H26N2O5S/c1-15(2)23(18-8-6-5-7-9-18)20(24)14-28-21(25)13-22-29(26,27)19-12-16(3)10-11-17(19)4/h5-12,15,22H,13-14H2,1-4H3. The molecule has 8 heteroatoms. The van der Waals surface area contributed by atoms with Crippen LogP contribution in [-0.4, -0.2) is 39.5 Å². The van der Waals surface area contributed by atoms with Crippen molar-refractivity contribution in [1.29, 1.82) is 0 Å². The summed E-state index contributed by atoms with van der Waals surface area (Å²) in [6.45, 7) is 6.13. The Morgan fingerprint density at radius 3 is 2.34 bits per heavy atom. The summed E-state index contributed by atoms with van der Waals surface area (Å²) in [5.41, 5.74) is 2.06. The van der Waals surface area contributed by atoms with Crippen LogP contribution in [-0.2, 0) is 24.3 Å². The largest absolute Gasteiger partial charge is 0.455 e. The lowest BCUT2D eigenvalue weighted by molar-refractivity contribution is -0.146. The lowest BCUT2D eigenvalue weighted by atomic mass is 10.2. The van der Waals surface area contributed by atoms with Crippen LogP contribution < -0.4 is 9.62 Å². The second kappa shape index (κ2) is 9.67. The number of anilines is 1. The van der Waals surface area contributed by atoms with Crippen molar-refractivity contribution in [1.82, 2.24) is 4.72 Å². The average molecular weight is 419 g/mol. The van der Waals surface area contributed by atoms with Crippen molar-refractivity contribution in [2.75, 3.05) is 18.1 Å². The van der Waals surface area contributed by atoms with Gasteiger partial charge >= 0.3 is 5.97 Å². The van der Waals surface area contributed by atoms with Crippen LogP contribution in [0.4, 0.5) is 5.69 Å². The predicted octanol–water partition coefficient (Wildman–Crippen LogP) is 2.57. The molecule has 0 bridgehead atoms. The van der Waals surface area contributed by atoms with E-state index in [4.69, 9.17) is 4.74 Å². The van der Waals surface area contributed by atoms with Gasteiger partial charge in [-0.15, -0.1) is 0 Å². The summed E-state index contributed by atoms with van der Waals surface area (Å²) in [4.78, 5) is 26.1. The number of para-hydroxylation sites is 1. The molecule has 29 heavy (non-hydrogen) atoms. The zero-order valence-electron chi connectivity index (χ0n) is 17.0. The monoisotopic (exact) mass is 418 g/mol. The number of amides is 1. The molecule has 0 aliphatic carbocycles. The Hall–Kier alpha value is -2.71. The van der Waals surface area contributed by atoms with E-state index in [2.05, 4.69) is 4.72 Å². The van der Waals surface area contributed by atoms with Crippen LogP contribution in [0.5, 0.6) is 0 Å². The normalized spacial score (nSPS) is 11.3. The Morgan fingerprint density at radius 2 is 1.72 bits per heavy atom. The van der Waals surface area contributed by atoms with Gasteiger partial charge in [0.25, 0.3) is 5.91 Å². The first-order chi connectivity index (χ1) is 13.6. The fourth-order valence-electron chi connectivity index (χ4n) is 2.81. The quantitative estimate of drug-likeness (QED) is 0.665. The molecule has 2 rings (SSSR count). The summed E-state index contributed by atoms with van der Waals surface area (Å²) in [5, 5.41) is 0. The molecule has 0 saturated heterocycles. The zero-order valence-corrected chi connectivity index (χ0v) is 17.8. The SMILES string of the molecule is Cc1ccc(C)c(S(=O)(=O)NCC(=O)OCC(=O)N(c2ccccc2)C(C)C)c1. The maximum atomic E-state index is 12.5. The van der Waals surface area contributed by atoms with E-state index in [0.717, 1.165) is 5.56 Å². The number of hydrogen-bond acceptors (Lipinski definition) is 5. The van der Waals surface area contributed by atoms with E-state index in [9.17, 15) is 18.0 Å². The first kappa shape index (κ1) is 22.6. The van der Waals surface area contributed by atoms with Crippen LogP contribution in [0.2, 0.25) is 0 Å². The van der Waals surface area contributed by atoms with Gasteiger partial charge in [0.2, 0.25) is 10.0 Å². The molecule has 0 fully saturated rings. The first-order valence-electron chi connectivity index (χ1n) is 9.21. The molecule has 0 heterocycles. The minimum absolute atomic E-state index is 0.108. The third kappa shape index (κ3) is 6.13. The number of ether oxygens (including phenoxy) is 1. The van der Waals surface area contributed by atoms with Crippen molar-refractivity contribution < 1.29 is 22.7 Å². The third-order valence-corrected chi connectivity index (χ3v) is 5.76. The molecule has 0 radical (unpaired) electrons. The van der Waals surface area contributed by atoms with E-state index in [1.165, 1.54) is 11.0 Å². The van der Waals surface area contributed by atoms with Gasteiger partial charge in [-0.2, -0.15) is 4.72 Å². The zero-order chi connectivity index (χ0) is 21.6. The van der Waals surface area contributed by atoms with Crippen molar-refractivity contribution in [3.05, 3.63) is 59.7 Å². The Bertz CT molecular complexity index is 972. The minimum atomic E-state index is -3.87. The summed E-state index contributed by atoms with van der Waals surface area (Å²) < 4.78 is 32.1. The molecule has 0 aliphatic heterocycles. The molecule has 7 nitrogen and oxygen atoms in total. The van der Waals surface area contributed by atoms with E-state index in [-0.39, 0.29) is 10.9 Å². The highest BCUT2D eigenvalue weighted by Gasteiger charge is 2.22. The molecular formula is C21H26N2O5S. The number of rotatable bonds is 8. The maximum absolute atomic E-state index is 12.5. The first-order valence-corrected chi connectivity index (χ1v) is 10.7. The van der Waals surface area contributed by atoms with Crippen molar-refractivity contribution >= 4 is 27.6 Å². The van der Waals surface area contributed by atoms with Gasteiger partial charge in [0.15, 0.2) is 6.61 Å². The number of carbonyl (C=O) groups is 2. The molecule has 0 atom stereocenters. The summed E-state index contributed by atoms with van der Waals surface area (Å²) in [7, 11) is -3.87. The van der Waals surface area contributed by atoms with Crippen LogP contribution in [0.3, 0.4) is 0 Å². The van der Waals surface area contributed by atoms with Crippen LogP contribution >= 0.6 is 0 Å². The molecule has 1 N–H and O–H groups in total. The van der Waals surface area contributed by atoms with Gasteiger partial charge in [-0.1, -0.05) is 30.3 Å². The lowest BCUT2D eigenvalue weighted by Gasteiger charge is -2.26. The highest BCUT2D eigenvalue weighted by Crippen LogP contribution is 2.17. The molecule has 0 aliphatic rings. The second-order valence-corrected chi connectivity index (χ2v) is 8.68. The van der Waals surface area contributed by atoms with Crippen LogP contribution in [0.15, 0.2) is 53.4 Å². The van der Waals surface area contributed by atoms with Gasteiger partial charge in [-0.3, -0.25) is 9.59 Å². The van der Waals surface area contributed by atoms with Crippen molar-refractivity contribution in [3.63, 3.8) is 0 Å². The van der Waals surface area contributed by atoms with E-state index < -0.39 is 35.1 Å². The van der Waals surface area contributed by atoms with Gasteiger partial charge < -0.3 is 9.64 Å². The van der Waals surface area contributed by atoms with Gasteiger partial charge in [0.05, 0.1) is 4.90 Å². The molecule has 156 valence electrons. The molecule has 0 aromatic heterocycles. The fourth-order valence-corrected chi connectivity index (χ4v) is 4.11. The van der Waals surface area contributed by atoms with Gasteiger partial charge in [0.1, 0.15) is 6.54 Å². The number of nitrogens with one attached hydrogen (secondary N) is 1. The Kier molecular flexibility index (Phi) is 7.53. The van der Waals surface area contributed by atoms with E-state index in [0.29, 0.717) is 11.3 Å². The van der Waals surface area contributed by atoms with Crippen molar-refractivity contribution in [2.45, 2.75) is 38.6 Å². The highest BCUT2D eigenvalue weighted by atomic mass is 32.2. The van der Waals surface area contributed by atoms with Crippen molar-refractivity contribution in [2.24, 2.45) is 0 Å². The Balaban J connectivity index is 1.95. The van der Waals surface area contributed by atoms with Gasteiger partial charge in [-0.05, 0) is 57.0 Å². The predicted molar refractivity (Wildman–Crippen MR) is 111 cm³/mol. The molecule has 0 unspecified atom stereocenters. The number of carbonyl (C=O) groups excluding carboxylic acids is 2. The molecular weight excluding hydrogens is 392 g/mol. The van der Waals surface area contributed by atoms with Crippen molar-refractivity contribution in [3.8, 4) is 0 Å². The number of benzene rings is 2. The van der Waals surface area contributed by atoms with Gasteiger partial charge in [0, 0.05) is 11.7 Å². The highest BCUT2D eigenvalue weighted by molar-refractivity contribution is 7.89. The molecule has 0 spiro atoms. The molecule has 2 aromatic carbocycles. The number of hydrogen-bond donors (Lipinski definition) is 1. The number of esters is 1. The Labute approximate surface area is 171 Å². The molecule has 2 aromatic rings. The third-order valence-electron chi connectivity index (χ3n) is 4.22. The summed E-state index contributed by atoms with van der Waals surface area (Å²) >= 11 is 0. The number of nitrogens with zero attached hydrogens (tertiary/aromatic N) is 1. The van der Waals surface area contributed by atoms with E-state index >= 15 is 0 Å². The van der Waals surface area contributed by atoms with E-state index in [1.54, 1.807) is 38.1 Å². The summed E-state index contributed by atoms with van der Waals surface area (Å²) in [6, 6.07) is 14.0. The smallest absolute Gasteiger partial charge is 0.321 e. The van der Waals surface area contributed by atoms with Crippen LogP contribution in [0.1, 0.15) is 25.0 Å². The minimum Gasteiger partial charge on any atom is -0.455 e. The second-order valence-electron chi connectivity index (χ2n) is 6.95. The summed E-state index contributed by atoms with van der Waals surface area (Å²) in [6.07, 6.45) is 0. The molecule has 0 saturated carbocycles. The Morgan fingerprint density at radius 1 is 1.07 bits per heavy atom. The van der Waals surface area contributed by atoms with Crippen LogP contribution in [0, 0.1) is 13.8 Å². The average Bonchev–Trinajstić information content (AvgIpc) is 2.67. The lowest BCUT2D eigenvalue weighted by Crippen LogP contribution is -2.40. The van der Waals surface area contributed by atoms with Gasteiger partial charge in [-0.25, -0.2) is 8.42 Å². The van der Waals surface area contributed by atoms with E-state index in [1.807, 2.05) is 32.0 Å². The fraction of sp³-hybridized carbons (Fsp3) is 0.333. The number of sulfonamides is 1. The van der Waals surface area contributed by atoms with Crippen LogP contribution in [0.25, 0.3) is 0 Å². The molecule has 1 amide bonds. The maximum Gasteiger partial charge on any atom is 0.321 e. The topological polar surface area (TPSA) is 92.8 Å².